The van der Waals surface area contributed by atoms with Crippen LogP contribution in [-0.4, -0.2) is 19.0 Å². The third kappa shape index (κ3) is 3.74. The second kappa shape index (κ2) is 5.92. The average molecular weight is 241 g/mol. The van der Waals surface area contributed by atoms with E-state index in [4.69, 9.17) is 16.3 Å². The normalized spacial score (nSPS) is 10.1. The zero-order chi connectivity index (χ0) is 12.0. The van der Waals surface area contributed by atoms with Gasteiger partial charge in [-0.1, -0.05) is 23.7 Å². The summed E-state index contributed by atoms with van der Waals surface area (Å²) in [6, 6.07) is 6.53. The molecule has 1 aromatic carbocycles. The minimum absolute atomic E-state index is 0.240. The maximum atomic E-state index is 11.2. The lowest BCUT2D eigenvalue weighted by Crippen LogP contribution is -2.05. The Kier molecular flexibility index (Phi) is 4.54. The largest absolute Gasteiger partial charge is 0.466 e. The van der Waals surface area contributed by atoms with Crippen LogP contribution in [0.4, 0.5) is 0 Å². The highest BCUT2D eigenvalue weighted by molar-refractivity contribution is 6.32. The lowest BCUT2D eigenvalue weighted by molar-refractivity contribution is -0.135. The number of hydrogen-bond donors (Lipinski definition) is 0. The number of para-hydroxylation sites is 1. The summed E-state index contributed by atoms with van der Waals surface area (Å²) in [4.78, 5) is 21.9. The van der Waals surface area contributed by atoms with Crippen LogP contribution in [0.25, 0.3) is 0 Å². The molecule has 0 aromatic heterocycles. The molecular weight excluding hydrogens is 232 g/mol. The van der Waals surface area contributed by atoms with Gasteiger partial charge in [0.25, 0.3) is 0 Å². The Hall–Kier alpha value is -1.81. The molecule has 0 unspecified atom stereocenters. The number of carbonyl (C=O) groups excluding carboxylic acids is 2. The van der Waals surface area contributed by atoms with Gasteiger partial charge in [0, 0.05) is 12.2 Å². The number of rotatable bonds is 3. The molecule has 1 rings (SSSR count). The van der Waals surface area contributed by atoms with E-state index in [1.54, 1.807) is 24.3 Å². The van der Waals surface area contributed by atoms with Gasteiger partial charge in [0.15, 0.2) is 0 Å². The van der Waals surface area contributed by atoms with E-state index in [1.165, 1.54) is 7.11 Å². The van der Waals surface area contributed by atoms with E-state index in [2.05, 4.69) is 4.74 Å². The molecule has 0 radical (unpaired) electrons. The van der Waals surface area contributed by atoms with E-state index in [-0.39, 0.29) is 5.75 Å². The summed E-state index contributed by atoms with van der Waals surface area (Å²) in [6.07, 6.45) is 1.94. The van der Waals surface area contributed by atoms with Gasteiger partial charge in [-0.3, -0.25) is 0 Å². The molecule has 0 aliphatic heterocycles. The van der Waals surface area contributed by atoms with Crippen molar-refractivity contribution in [3.63, 3.8) is 0 Å². The fraction of sp³-hybridized carbons (Fsp3) is 0.0909. The van der Waals surface area contributed by atoms with Crippen LogP contribution in [0, 0.1) is 0 Å². The van der Waals surface area contributed by atoms with Crippen LogP contribution in [0.5, 0.6) is 5.75 Å². The first-order valence-corrected chi connectivity index (χ1v) is 4.73. The van der Waals surface area contributed by atoms with Crippen molar-refractivity contribution >= 4 is 23.5 Å². The van der Waals surface area contributed by atoms with Crippen molar-refractivity contribution < 1.29 is 19.1 Å². The van der Waals surface area contributed by atoms with E-state index < -0.39 is 11.9 Å². The maximum Gasteiger partial charge on any atom is 0.336 e. The minimum Gasteiger partial charge on any atom is -0.466 e. The zero-order valence-electron chi connectivity index (χ0n) is 8.48. The Balaban J connectivity index is 2.62. The van der Waals surface area contributed by atoms with Crippen LogP contribution in [0.15, 0.2) is 36.4 Å². The topological polar surface area (TPSA) is 52.6 Å². The molecule has 0 bridgehead atoms. The molecule has 0 saturated heterocycles. The van der Waals surface area contributed by atoms with E-state index in [0.29, 0.717) is 5.02 Å². The van der Waals surface area contributed by atoms with Gasteiger partial charge < -0.3 is 9.47 Å². The quantitative estimate of drug-likeness (QED) is 0.461. The number of esters is 2. The number of hydrogen-bond acceptors (Lipinski definition) is 4. The first kappa shape index (κ1) is 12.3. The van der Waals surface area contributed by atoms with Crippen LogP contribution in [0.1, 0.15) is 0 Å². The highest BCUT2D eigenvalue weighted by atomic mass is 35.5. The number of benzene rings is 1. The molecule has 0 fully saturated rings. The standard InChI is InChI=1S/C11H9ClO4/c1-15-10(13)6-7-11(14)16-9-5-3-2-4-8(9)12/h2-7H,1H3/b7-6-. The smallest absolute Gasteiger partial charge is 0.336 e. The van der Waals surface area contributed by atoms with Gasteiger partial charge in [0.05, 0.1) is 12.1 Å². The average Bonchev–Trinajstić information content (AvgIpc) is 2.29. The van der Waals surface area contributed by atoms with Crippen molar-refractivity contribution in [2.45, 2.75) is 0 Å². The highest BCUT2D eigenvalue weighted by Gasteiger charge is 2.04. The summed E-state index contributed by atoms with van der Waals surface area (Å²) >= 11 is 5.77. The molecule has 16 heavy (non-hydrogen) atoms. The Morgan fingerprint density at radius 2 is 1.81 bits per heavy atom. The second-order valence-electron chi connectivity index (χ2n) is 2.71. The van der Waals surface area contributed by atoms with Crippen molar-refractivity contribution in [2.75, 3.05) is 7.11 Å². The fourth-order valence-corrected chi connectivity index (χ4v) is 1.05. The minimum atomic E-state index is -0.696. The summed E-state index contributed by atoms with van der Waals surface area (Å²) in [7, 11) is 1.21. The van der Waals surface area contributed by atoms with Crippen molar-refractivity contribution in [2.24, 2.45) is 0 Å². The molecule has 1 aromatic rings. The van der Waals surface area contributed by atoms with Gasteiger partial charge in [-0.25, -0.2) is 9.59 Å². The van der Waals surface area contributed by atoms with Crippen LogP contribution in [-0.2, 0) is 14.3 Å². The molecule has 0 saturated carbocycles. The summed E-state index contributed by atoms with van der Waals surface area (Å²) in [5.41, 5.74) is 0. The van der Waals surface area contributed by atoms with E-state index in [1.807, 2.05) is 0 Å². The number of ether oxygens (including phenoxy) is 2. The first-order valence-electron chi connectivity index (χ1n) is 4.36. The van der Waals surface area contributed by atoms with Crippen molar-refractivity contribution in [1.29, 1.82) is 0 Å². The van der Waals surface area contributed by atoms with E-state index in [0.717, 1.165) is 12.2 Å². The Morgan fingerprint density at radius 1 is 1.19 bits per heavy atom. The molecule has 5 heteroatoms. The van der Waals surface area contributed by atoms with Crippen LogP contribution in [0.3, 0.4) is 0 Å². The SMILES string of the molecule is COC(=O)/C=C\C(=O)Oc1ccccc1Cl. The first-order chi connectivity index (χ1) is 7.63. The summed E-state index contributed by atoms with van der Waals surface area (Å²) < 4.78 is 9.19. The zero-order valence-corrected chi connectivity index (χ0v) is 9.23. The summed E-state index contributed by atoms with van der Waals surface area (Å²) in [5, 5.41) is 0.322. The van der Waals surface area contributed by atoms with Gasteiger partial charge in [-0.05, 0) is 12.1 Å². The number of methoxy groups -OCH3 is 1. The van der Waals surface area contributed by atoms with Gasteiger partial charge >= 0.3 is 11.9 Å². The van der Waals surface area contributed by atoms with Crippen LogP contribution in [0.2, 0.25) is 5.02 Å². The second-order valence-corrected chi connectivity index (χ2v) is 3.12. The third-order valence-corrected chi connectivity index (χ3v) is 1.92. The molecule has 0 spiro atoms. The van der Waals surface area contributed by atoms with Crippen LogP contribution < -0.4 is 4.74 Å². The summed E-state index contributed by atoms with van der Waals surface area (Å²) in [5.74, 6) is -1.08. The van der Waals surface area contributed by atoms with Gasteiger partial charge in [0.1, 0.15) is 5.75 Å². The Bertz CT molecular complexity index is 426. The van der Waals surface area contributed by atoms with Gasteiger partial charge in [-0.2, -0.15) is 0 Å². The summed E-state index contributed by atoms with van der Waals surface area (Å²) in [6.45, 7) is 0. The third-order valence-electron chi connectivity index (χ3n) is 1.60. The Labute approximate surface area is 97.4 Å². The highest BCUT2D eigenvalue weighted by Crippen LogP contribution is 2.23. The molecule has 0 N–H and O–H groups in total. The molecule has 0 amide bonds. The molecule has 84 valence electrons. The lowest BCUT2D eigenvalue weighted by Gasteiger charge is -2.02. The van der Waals surface area contributed by atoms with Crippen LogP contribution >= 0.6 is 11.6 Å². The van der Waals surface area contributed by atoms with E-state index in [9.17, 15) is 9.59 Å². The molecule has 0 heterocycles. The van der Waals surface area contributed by atoms with Crippen molar-refractivity contribution in [3.05, 3.63) is 41.4 Å². The monoisotopic (exact) mass is 240 g/mol. The molecule has 0 aliphatic rings. The predicted octanol–water partition coefficient (Wildman–Crippen LogP) is 1.97. The molecule has 4 nitrogen and oxygen atoms in total. The van der Waals surface area contributed by atoms with E-state index >= 15 is 0 Å². The van der Waals surface area contributed by atoms with Crippen molar-refractivity contribution in [1.82, 2.24) is 0 Å². The lowest BCUT2D eigenvalue weighted by atomic mass is 10.3. The number of carbonyl (C=O) groups is 2. The predicted molar refractivity (Wildman–Crippen MR) is 58.2 cm³/mol. The Morgan fingerprint density at radius 3 is 2.44 bits per heavy atom. The number of halogens is 1. The molecule has 0 aliphatic carbocycles. The van der Waals surface area contributed by atoms with Gasteiger partial charge in [-0.15, -0.1) is 0 Å². The van der Waals surface area contributed by atoms with Gasteiger partial charge in [0.2, 0.25) is 0 Å². The van der Waals surface area contributed by atoms with Crippen molar-refractivity contribution in [3.8, 4) is 5.75 Å². The molecule has 0 atom stereocenters. The maximum absolute atomic E-state index is 11.2. The molecular formula is C11H9ClO4. The fourth-order valence-electron chi connectivity index (χ4n) is 0.874.